The van der Waals surface area contributed by atoms with Gasteiger partial charge in [0.1, 0.15) is 0 Å². The molecule has 0 radical (unpaired) electrons. The van der Waals surface area contributed by atoms with E-state index in [1.807, 2.05) is 0 Å². The van der Waals surface area contributed by atoms with Crippen LogP contribution < -0.4 is 0 Å². The van der Waals surface area contributed by atoms with Crippen molar-refractivity contribution in [1.82, 2.24) is 0 Å². The molecule has 0 aromatic heterocycles. The van der Waals surface area contributed by atoms with Gasteiger partial charge in [0.2, 0.25) is 0 Å². The van der Waals surface area contributed by atoms with E-state index in [1.54, 1.807) is 0 Å². The molecule has 0 spiro atoms. The van der Waals surface area contributed by atoms with Crippen LogP contribution in [0.4, 0.5) is 0 Å². The van der Waals surface area contributed by atoms with Crippen LogP contribution in [0.2, 0.25) is 0 Å². The summed E-state index contributed by atoms with van der Waals surface area (Å²) in [5.74, 6) is 0. The highest BCUT2D eigenvalue weighted by molar-refractivity contribution is 4.56. The fourth-order valence-electron chi connectivity index (χ4n) is 7.27. The van der Waals surface area contributed by atoms with Crippen molar-refractivity contribution >= 4 is 0 Å². The van der Waals surface area contributed by atoms with Gasteiger partial charge < -0.3 is 18.9 Å². The fraction of sp³-hybridized carbons (Fsp3) is 1.00. The van der Waals surface area contributed by atoms with Gasteiger partial charge in [0.05, 0.1) is 0 Å². The molecular formula is C42H82O4. The topological polar surface area (TPSA) is 36.9 Å². The molecule has 0 saturated carbocycles. The van der Waals surface area contributed by atoms with E-state index in [0.29, 0.717) is 0 Å². The maximum atomic E-state index is 5.83. The molecule has 46 heavy (non-hydrogen) atoms. The first-order chi connectivity index (χ1) is 22.9. The first-order valence-electron chi connectivity index (χ1n) is 21.4. The van der Waals surface area contributed by atoms with Crippen LogP contribution >= 0.6 is 0 Å². The van der Waals surface area contributed by atoms with Crippen molar-refractivity contribution in [3.8, 4) is 0 Å². The van der Waals surface area contributed by atoms with Crippen LogP contribution in [0.15, 0.2) is 0 Å². The summed E-state index contributed by atoms with van der Waals surface area (Å²) in [5.41, 5.74) is 0. The monoisotopic (exact) mass is 651 g/mol. The second-order valence-corrected chi connectivity index (χ2v) is 14.9. The first-order valence-corrected chi connectivity index (χ1v) is 21.4. The highest BCUT2D eigenvalue weighted by Gasteiger charge is 2.14. The molecule has 274 valence electrons. The van der Waals surface area contributed by atoms with Gasteiger partial charge in [0.25, 0.3) is 0 Å². The molecule has 2 saturated heterocycles. The number of rotatable bonds is 35. The van der Waals surface area contributed by atoms with Crippen molar-refractivity contribution < 1.29 is 18.9 Å². The van der Waals surface area contributed by atoms with Gasteiger partial charge in [-0.25, -0.2) is 0 Å². The van der Waals surface area contributed by atoms with Crippen LogP contribution in [0.5, 0.6) is 0 Å². The zero-order valence-corrected chi connectivity index (χ0v) is 31.1. The smallest absolute Gasteiger partial charge is 0.157 e. The lowest BCUT2D eigenvalue weighted by atomic mass is 10.0. The molecule has 4 heteroatoms. The van der Waals surface area contributed by atoms with Gasteiger partial charge in [-0.15, -0.1) is 0 Å². The number of ether oxygens (including phenoxy) is 4. The molecule has 0 aromatic rings. The van der Waals surface area contributed by atoms with Crippen LogP contribution in [0.25, 0.3) is 0 Å². The third-order valence-corrected chi connectivity index (χ3v) is 10.4. The highest BCUT2D eigenvalue weighted by Crippen LogP contribution is 2.18. The van der Waals surface area contributed by atoms with Gasteiger partial charge in [0, 0.05) is 26.4 Å². The Kier molecular flexibility index (Phi) is 31.7. The number of unbranched alkanes of at least 4 members (excludes halogenated alkanes) is 29. The van der Waals surface area contributed by atoms with Gasteiger partial charge in [-0.1, -0.05) is 180 Å². The van der Waals surface area contributed by atoms with Gasteiger partial charge in [-0.3, -0.25) is 0 Å². The Morgan fingerprint density at radius 1 is 0.283 bits per heavy atom. The van der Waals surface area contributed by atoms with Crippen LogP contribution in [0, 0.1) is 0 Å². The quantitative estimate of drug-likeness (QED) is 0.0640. The van der Waals surface area contributed by atoms with Crippen LogP contribution in [0.1, 0.15) is 231 Å². The minimum Gasteiger partial charge on any atom is -0.353 e. The van der Waals surface area contributed by atoms with Crippen molar-refractivity contribution in [3.63, 3.8) is 0 Å². The van der Waals surface area contributed by atoms with E-state index in [0.717, 1.165) is 39.3 Å². The number of hydrogen-bond acceptors (Lipinski definition) is 4. The molecule has 2 rings (SSSR count). The molecule has 2 unspecified atom stereocenters. The average molecular weight is 651 g/mol. The minimum atomic E-state index is 0.0961. The summed E-state index contributed by atoms with van der Waals surface area (Å²) in [6, 6.07) is 0. The van der Waals surface area contributed by atoms with E-state index < -0.39 is 0 Å². The van der Waals surface area contributed by atoms with E-state index in [9.17, 15) is 0 Å². The molecule has 0 amide bonds. The van der Waals surface area contributed by atoms with E-state index in [2.05, 4.69) is 0 Å². The summed E-state index contributed by atoms with van der Waals surface area (Å²) in [5, 5.41) is 0. The Hall–Kier alpha value is -0.160. The molecule has 2 heterocycles. The third kappa shape index (κ3) is 28.8. The Bertz CT molecular complexity index is 522. The van der Waals surface area contributed by atoms with Crippen molar-refractivity contribution in [3.05, 3.63) is 0 Å². The van der Waals surface area contributed by atoms with Gasteiger partial charge in [-0.05, 0) is 51.4 Å². The molecule has 0 aliphatic carbocycles. The second-order valence-electron chi connectivity index (χ2n) is 14.9. The third-order valence-electron chi connectivity index (χ3n) is 10.4. The predicted molar refractivity (Wildman–Crippen MR) is 198 cm³/mol. The lowest BCUT2D eigenvalue weighted by Crippen LogP contribution is -2.22. The summed E-state index contributed by atoms with van der Waals surface area (Å²) >= 11 is 0. The molecule has 2 fully saturated rings. The van der Waals surface area contributed by atoms with Gasteiger partial charge >= 0.3 is 0 Å². The Morgan fingerprint density at radius 2 is 0.500 bits per heavy atom. The molecule has 0 aromatic carbocycles. The molecule has 0 N–H and O–H groups in total. The standard InChI is InChI=1S/C42H82O4/c1(3-5-7-9-11-13-15-17-19-21-23-25-27-31-37-43-41-35-29-33-39-45-41)2-4-6-8-10-12-14-16-18-20-22-24-26-28-32-38-44-42-36-30-34-40-46-42/h41-42H,1-40H2. The Morgan fingerprint density at radius 3 is 0.696 bits per heavy atom. The van der Waals surface area contributed by atoms with Crippen LogP contribution in [0.3, 0.4) is 0 Å². The fourth-order valence-corrected chi connectivity index (χ4v) is 7.27. The number of hydrogen-bond donors (Lipinski definition) is 0. The molecule has 0 bridgehead atoms. The van der Waals surface area contributed by atoms with Gasteiger partial charge in [-0.2, -0.15) is 0 Å². The van der Waals surface area contributed by atoms with Crippen molar-refractivity contribution in [2.24, 2.45) is 0 Å². The molecule has 2 atom stereocenters. The zero-order chi connectivity index (χ0) is 32.3. The summed E-state index contributed by atoms with van der Waals surface area (Å²) in [6.45, 7) is 3.56. The predicted octanol–water partition coefficient (Wildman–Crippen LogP) is 13.8. The van der Waals surface area contributed by atoms with E-state index in [1.165, 1.54) is 218 Å². The maximum Gasteiger partial charge on any atom is 0.157 e. The highest BCUT2D eigenvalue weighted by atomic mass is 16.7. The van der Waals surface area contributed by atoms with Crippen molar-refractivity contribution in [1.29, 1.82) is 0 Å². The minimum absolute atomic E-state index is 0.0961. The maximum absolute atomic E-state index is 5.83. The van der Waals surface area contributed by atoms with Crippen LogP contribution in [-0.2, 0) is 18.9 Å². The van der Waals surface area contributed by atoms with E-state index >= 15 is 0 Å². The summed E-state index contributed by atoms with van der Waals surface area (Å²) in [4.78, 5) is 0. The van der Waals surface area contributed by atoms with Crippen LogP contribution in [-0.4, -0.2) is 39.0 Å². The Labute approximate surface area is 288 Å². The second kappa shape index (κ2) is 34.7. The van der Waals surface area contributed by atoms with E-state index in [4.69, 9.17) is 18.9 Å². The Balaban J connectivity index is 1.12. The van der Waals surface area contributed by atoms with Gasteiger partial charge in [0.15, 0.2) is 12.6 Å². The molecular weight excluding hydrogens is 568 g/mol. The molecule has 2 aliphatic heterocycles. The lowest BCUT2D eigenvalue weighted by Gasteiger charge is -2.22. The molecule has 4 nitrogen and oxygen atoms in total. The average Bonchev–Trinajstić information content (AvgIpc) is 3.09. The lowest BCUT2D eigenvalue weighted by molar-refractivity contribution is -0.163. The van der Waals surface area contributed by atoms with Crippen molar-refractivity contribution in [2.75, 3.05) is 26.4 Å². The summed E-state index contributed by atoms with van der Waals surface area (Å²) in [7, 11) is 0. The normalized spacial score (nSPS) is 18.8. The van der Waals surface area contributed by atoms with Crippen molar-refractivity contribution in [2.45, 2.75) is 244 Å². The summed E-state index contributed by atoms with van der Waals surface area (Å²) in [6.07, 6.45) is 50.2. The zero-order valence-electron chi connectivity index (χ0n) is 31.1. The summed E-state index contributed by atoms with van der Waals surface area (Å²) < 4.78 is 22.9. The largest absolute Gasteiger partial charge is 0.353 e. The van der Waals surface area contributed by atoms with E-state index in [-0.39, 0.29) is 12.6 Å². The SMILES string of the molecule is C(CCCCCCCCCCCCCCCCOC1CCCCO1)CCCCCCCCCCCCCCCOC1CCCCO1. The molecule has 2 aliphatic rings. The first kappa shape index (κ1) is 42.0.